The fourth-order valence-electron chi connectivity index (χ4n) is 2.27. The number of hydrogen-bond acceptors (Lipinski definition) is 1. The van der Waals surface area contributed by atoms with Crippen molar-refractivity contribution in [1.29, 1.82) is 0 Å². The van der Waals surface area contributed by atoms with Crippen molar-refractivity contribution in [3.05, 3.63) is 0 Å². The van der Waals surface area contributed by atoms with Crippen molar-refractivity contribution in [3.63, 3.8) is 0 Å². The van der Waals surface area contributed by atoms with E-state index in [9.17, 15) is 4.79 Å². The van der Waals surface area contributed by atoms with Crippen molar-refractivity contribution in [2.75, 3.05) is 5.88 Å². The summed E-state index contributed by atoms with van der Waals surface area (Å²) in [6.07, 6.45) is 5.86. The second-order valence-electron chi connectivity index (χ2n) is 5.85. The molecule has 3 heteroatoms. The molecule has 0 aromatic carbocycles. The van der Waals surface area contributed by atoms with Gasteiger partial charge in [0.05, 0.1) is 0 Å². The Labute approximate surface area is 104 Å². The maximum Gasteiger partial charge on any atom is 0.225 e. The van der Waals surface area contributed by atoms with Crippen LogP contribution in [0, 0.1) is 11.3 Å². The molecule has 0 aromatic heterocycles. The summed E-state index contributed by atoms with van der Waals surface area (Å²) in [5.41, 5.74) is -0.289. The van der Waals surface area contributed by atoms with Crippen LogP contribution in [-0.2, 0) is 4.79 Å². The monoisotopic (exact) mass is 245 g/mol. The van der Waals surface area contributed by atoms with Crippen LogP contribution in [0.2, 0.25) is 0 Å². The highest BCUT2D eigenvalue weighted by Crippen LogP contribution is 2.28. The van der Waals surface area contributed by atoms with E-state index in [4.69, 9.17) is 11.6 Å². The van der Waals surface area contributed by atoms with Crippen LogP contribution in [0.25, 0.3) is 0 Å². The van der Waals surface area contributed by atoms with Gasteiger partial charge in [0.25, 0.3) is 0 Å². The number of rotatable bonds is 3. The van der Waals surface area contributed by atoms with Gasteiger partial charge in [-0.25, -0.2) is 0 Å². The first-order valence-corrected chi connectivity index (χ1v) is 6.85. The van der Waals surface area contributed by atoms with Crippen molar-refractivity contribution in [3.8, 4) is 0 Å². The number of amides is 1. The Morgan fingerprint density at radius 1 is 1.31 bits per heavy atom. The molecule has 0 bridgehead atoms. The molecule has 1 aliphatic rings. The van der Waals surface area contributed by atoms with E-state index in [-0.39, 0.29) is 11.3 Å². The normalized spacial score (nSPS) is 26.5. The third kappa shape index (κ3) is 3.97. The van der Waals surface area contributed by atoms with Gasteiger partial charge in [-0.05, 0) is 25.2 Å². The summed E-state index contributed by atoms with van der Waals surface area (Å²) >= 11 is 5.81. The highest BCUT2D eigenvalue weighted by atomic mass is 35.5. The number of carbonyl (C=O) groups excluding carboxylic acids is 1. The quantitative estimate of drug-likeness (QED) is 0.760. The molecule has 0 heterocycles. The van der Waals surface area contributed by atoms with Crippen LogP contribution < -0.4 is 5.32 Å². The van der Waals surface area contributed by atoms with Crippen LogP contribution in [0.4, 0.5) is 0 Å². The van der Waals surface area contributed by atoms with Crippen molar-refractivity contribution in [1.82, 2.24) is 5.32 Å². The van der Waals surface area contributed by atoms with Gasteiger partial charge in [0, 0.05) is 17.3 Å². The molecule has 1 fully saturated rings. The number of carbonyl (C=O) groups is 1. The maximum atomic E-state index is 11.9. The minimum Gasteiger partial charge on any atom is -0.353 e. The summed E-state index contributed by atoms with van der Waals surface area (Å²) in [7, 11) is 0. The van der Waals surface area contributed by atoms with E-state index in [1.807, 2.05) is 20.8 Å². The number of nitrogens with one attached hydrogen (secondary N) is 1. The summed E-state index contributed by atoms with van der Waals surface area (Å²) in [5.74, 6) is 1.45. The second-order valence-corrected chi connectivity index (χ2v) is 6.23. The van der Waals surface area contributed by atoms with Crippen molar-refractivity contribution >= 4 is 17.5 Å². The summed E-state index contributed by atoms with van der Waals surface area (Å²) in [5, 5.41) is 3.20. The van der Waals surface area contributed by atoms with E-state index in [1.54, 1.807) is 0 Å². The Morgan fingerprint density at radius 3 is 2.50 bits per heavy atom. The average molecular weight is 246 g/mol. The predicted octanol–water partition coefficient (Wildman–Crippen LogP) is 3.34. The van der Waals surface area contributed by atoms with Crippen LogP contribution >= 0.6 is 11.6 Å². The fourth-order valence-corrected chi connectivity index (χ4v) is 2.55. The van der Waals surface area contributed by atoms with Crippen LogP contribution in [0.15, 0.2) is 0 Å². The Hall–Kier alpha value is -0.240. The van der Waals surface area contributed by atoms with Gasteiger partial charge in [0.1, 0.15) is 0 Å². The van der Waals surface area contributed by atoms with Crippen molar-refractivity contribution in [2.24, 2.45) is 11.3 Å². The summed E-state index contributed by atoms with van der Waals surface area (Å²) < 4.78 is 0. The first kappa shape index (κ1) is 13.8. The molecule has 0 aromatic rings. The lowest BCUT2D eigenvalue weighted by Crippen LogP contribution is -2.46. The van der Waals surface area contributed by atoms with E-state index < -0.39 is 0 Å². The molecule has 0 radical (unpaired) electrons. The molecular weight excluding hydrogens is 222 g/mol. The second kappa shape index (κ2) is 5.90. The molecular formula is C13H24ClNO. The van der Waals surface area contributed by atoms with Gasteiger partial charge in [0.15, 0.2) is 0 Å². The van der Waals surface area contributed by atoms with Crippen LogP contribution in [0.1, 0.15) is 52.9 Å². The minimum atomic E-state index is -0.289. The number of alkyl halides is 1. The molecule has 2 nitrogen and oxygen atoms in total. The predicted molar refractivity (Wildman–Crippen MR) is 68.7 cm³/mol. The standard InChI is InChI=1S/C13H24ClNO/c1-13(2,3)12(16)15-11-7-5-4-6-10(11)8-9-14/h10-11H,4-9H2,1-3H3,(H,15,16)/t10-,11+/m0/s1. The highest BCUT2D eigenvalue weighted by molar-refractivity contribution is 6.17. The van der Waals surface area contributed by atoms with Crippen molar-refractivity contribution < 1.29 is 4.79 Å². The van der Waals surface area contributed by atoms with E-state index in [0.29, 0.717) is 17.8 Å². The average Bonchev–Trinajstić information content (AvgIpc) is 2.20. The van der Waals surface area contributed by atoms with E-state index in [0.717, 1.165) is 12.8 Å². The van der Waals surface area contributed by atoms with Gasteiger partial charge in [-0.1, -0.05) is 33.6 Å². The first-order valence-electron chi connectivity index (χ1n) is 6.32. The molecule has 94 valence electrons. The topological polar surface area (TPSA) is 29.1 Å². The molecule has 1 saturated carbocycles. The smallest absolute Gasteiger partial charge is 0.225 e. The van der Waals surface area contributed by atoms with Gasteiger partial charge in [-0.15, -0.1) is 11.6 Å². The van der Waals surface area contributed by atoms with E-state index >= 15 is 0 Å². The van der Waals surface area contributed by atoms with Crippen LogP contribution in [0.5, 0.6) is 0 Å². The largest absolute Gasteiger partial charge is 0.353 e. The molecule has 2 atom stereocenters. The van der Waals surface area contributed by atoms with Crippen LogP contribution in [0.3, 0.4) is 0 Å². The highest BCUT2D eigenvalue weighted by Gasteiger charge is 2.29. The lowest BCUT2D eigenvalue weighted by Gasteiger charge is -2.33. The molecule has 1 rings (SSSR count). The van der Waals surface area contributed by atoms with Crippen LogP contribution in [-0.4, -0.2) is 17.8 Å². The zero-order valence-electron chi connectivity index (χ0n) is 10.7. The molecule has 0 unspecified atom stereocenters. The lowest BCUT2D eigenvalue weighted by molar-refractivity contribution is -0.129. The van der Waals surface area contributed by atoms with Gasteiger partial charge in [-0.2, -0.15) is 0 Å². The molecule has 1 aliphatic carbocycles. The number of hydrogen-bond donors (Lipinski definition) is 1. The first-order chi connectivity index (χ1) is 7.45. The third-order valence-electron chi connectivity index (χ3n) is 3.39. The Morgan fingerprint density at radius 2 is 1.94 bits per heavy atom. The molecule has 0 spiro atoms. The summed E-state index contributed by atoms with van der Waals surface area (Å²) in [6, 6.07) is 0.347. The Balaban J connectivity index is 2.52. The molecule has 1 amide bonds. The zero-order chi connectivity index (χ0) is 12.2. The van der Waals surface area contributed by atoms with Gasteiger partial charge in [-0.3, -0.25) is 4.79 Å². The minimum absolute atomic E-state index is 0.166. The van der Waals surface area contributed by atoms with Gasteiger partial charge < -0.3 is 5.32 Å². The van der Waals surface area contributed by atoms with E-state index in [1.165, 1.54) is 19.3 Å². The molecule has 0 saturated heterocycles. The summed E-state index contributed by atoms with van der Waals surface area (Å²) in [6.45, 7) is 5.88. The van der Waals surface area contributed by atoms with E-state index in [2.05, 4.69) is 5.32 Å². The SMILES string of the molecule is CC(C)(C)C(=O)N[C@@H]1CCCC[C@H]1CCCl. The Kier molecular flexibility index (Phi) is 5.10. The fraction of sp³-hybridized carbons (Fsp3) is 0.923. The Bertz CT molecular complexity index is 233. The van der Waals surface area contributed by atoms with Crippen molar-refractivity contribution in [2.45, 2.75) is 58.9 Å². The van der Waals surface area contributed by atoms with Gasteiger partial charge >= 0.3 is 0 Å². The number of halogens is 1. The zero-order valence-corrected chi connectivity index (χ0v) is 11.4. The van der Waals surface area contributed by atoms with Gasteiger partial charge in [0.2, 0.25) is 5.91 Å². The molecule has 1 N–H and O–H groups in total. The maximum absolute atomic E-state index is 11.9. The summed E-state index contributed by atoms with van der Waals surface area (Å²) in [4.78, 5) is 11.9. The lowest BCUT2D eigenvalue weighted by atomic mass is 9.82. The molecule has 0 aliphatic heterocycles. The molecule has 16 heavy (non-hydrogen) atoms. The third-order valence-corrected chi connectivity index (χ3v) is 3.60.